The van der Waals surface area contributed by atoms with E-state index in [-0.39, 0.29) is 22.9 Å². The lowest BCUT2D eigenvalue weighted by Gasteiger charge is -2.18. The van der Waals surface area contributed by atoms with E-state index in [0.29, 0.717) is 9.26 Å². The Hall–Kier alpha value is -1.58. The van der Waals surface area contributed by atoms with Crippen molar-refractivity contribution in [3.63, 3.8) is 0 Å². The van der Waals surface area contributed by atoms with Crippen LogP contribution in [0.1, 0.15) is 37.5 Å². The first kappa shape index (κ1) is 23.7. The number of rotatable bonds is 6. The van der Waals surface area contributed by atoms with Crippen LogP contribution in [0.25, 0.3) is 6.08 Å². The quantitative estimate of drug-likeness (QED) is 0.398. The van der Waals surface area contributed by atoms with Gasteiger partial charge in [-0.2, -0.15) is 0 Å². The molecule has 0 saturated heterocycles. The van der Waals surface area contributed by atoms with Crippen LogP contribution in [0.5, 0.6) is 0 Å². The molecular weight excluding hydrogens is 523 g/mol. The number of anilines is 1. The third kappa shape index (κ3) is 7.64. The predicted molar refractivity (Wildman–Crippen MR) is 129 cm³/mol. The molecule has 2 aromatic rings. The molecule has 2 rings (SSSR count). The molecule has 0 aliphatic carbocycles. The number of halogens is 2. The summed E-state index contributed by atoms with van der Waals surface area (Å²) in [4.78, 5) is 12.1. The Balaban J connectivity index is 1.99. The number of carbonyl (C=O) groups is 1. The fourth-order valence-electron chi connectivity index (χ4n) is 2.52. The molecule has 5 nitrogen and oxygen atoms in total. The highest BCUT2D eigenvalue weighted by molar-refractivity contribution is 14.1. The molecule has 0 fully saturated rings. The molecule has 2 aromatic carbocycles. The maximum atomic E-state index is 12.1. The Morgan fingerprint density at radius 2 is 1.79 bits per heavy atom. The van der Waals surface area contributed by atoms with Gasteiger partial charge in [0.2, 0.25) is 15.9 Å². The minimum Gasteiger partial charge on any atom is -0.348 e. The summed E-state index contributed by atoms with van der Waals surface area (Å²) in [6, 6.07) is 11.5. The van der Waals surface area contributed by atoms with Crippen molar-refractivity contribution in [3.8, 4) is 0 Å². The van der Waals surface area contributed by atoms with Crippen LogP contribution >= 0.6 is 34.2 Å². The molecule has 29 heavy (non-hydrogen) atoms. The molecule has 0 aliphatic heterocycles. The highest BCUT2D eigenvalue weighted by Gasteiger charge is 2.13. The topological polar surface area (TPSA) is 75.3 Å². The Morgan fingerprint density at radius 3 is 2.31 bits per heavy atom. The van der Waals surface area contributed by atoms with Crippen LogP contribution in [-0.2, 0) is 26.8 Å². The van der Waals surface area contributed by atoms with Crippen LogP contribution in [0, 0.1) is 3.57 Å². The number of amides is 1. The Bertz CT molecular complexity index is 1000. The third-order valence-electron chi connectivity index (χ3n) is 4.06. The molecule has 8 heteroatoms. The number of nitrogens with one attached hydrogen (secondary N) is 2. The standard InChI is InChI=1S/C21H24ClIN2O3S/c1-21(2,3)16-8-5-14(6-9-16)7-10-19(26)24-13-15-11-17(22)20(18(23)12-15)25-29(4,27)28/h5-12,25H,13H2,1-4H3,(H,24,26). The molecule has 0 radical (unpaired) electrons. The zero-order valence-electron chi connectivity index (χ0n) is 16.7. The van der Waals surface area contributed by atoms with E-state index in [4.69, 9.17) is 11.6 Å². The number of benzene rings is 2. The summed E-state index contributed by atoms with van der Waals surface area (Å²) in [5, 5.41) is 3.08. The van der Waals surface area contributed by atoms with Crippen LogP contribution in [0.15, 0.2) is 42.5 Å². The second kappa shape index (κ2) is 9.49. The van der Waals surface area contributed by atoms with E-state index in [0.717, 1.165) is 17.4 Å². The number of carbonyl (C=O) groups excluding carboxylic acids is 1. The zero-order chi connectivity index (χ0) is 21.8. The first-order valence-electron chi connectivity index (χ1n) is 8.87. The van der Waals surface area contributed by atoms with Gasteiger partial charge in [-0.3, -0.25) is 9.52 Å². The molecule has 1 amide bonds. The second-order valence-corrected chi connectivity index (χ2v) is 11.0. The molecule has 0 unspecified atom stereocenters. The lowest BCUT2D eigenvalue weighted by Crippen LogP contribution is -2.20. The van der Waals surface area contributed by atoms with Crippen molar-refractivity contribution in [1.29, 1.82) is 0 Å². The number of sulfonamides is 1. The van der Waals surface area contributed by atoms with E-state index < -0.39 is 10.0 Å². The zero-order valence-corrected chi connectivity index (χ0v) is 20.4. The molecule has 0 aliphatic rings. The van der Waals surface area contributed by atoms with E-state index >= 15 is 0 Å². The summed E-state index contributed by atoms with van der Waals surface area (Å²) >= 11 is 8.19. The Morgan fingerprint density at radius 1 is 1.17 bits per heavy atom. The fraction of sp³-hybridized carbons (Fsp3) is 0.286. The van der Waals surface area contributed by atoms with Gasteiger partial charge >= 0.3 is 0 Å². The first-order chi connectivity index (χ1) is 13.3. The van der Waals surface area contributed by atoms with Gasteiger partial charge in [0.15, 0.2) is 0 Å². The molecule has 0 bridgehead atoms. The van der Waals surface area contributed by atoms with E-state index in [1.165, 1.54) is 11.6 Å². The molecule has 0 spiro atoms. The monoisotopic (exact) mass is 546 g/mol. The summed E-state index contributed by atoms with van der Waals surface area (Å²) in [7, 11) is -3.42. The van der Waals surface area contributed by atoms with Gasteiger partial charge < -0.3 is 5.32 Å². The van der Waals surface area contributed by atoms with Crippen LogP contribution in [0.3, 0.4) is 0 Å². The Labute approximate surface area is 191 Å². The van der Waals surface area contributed by atoms with Gasteiger partial charge in [-0.1, -0.05) is 56.6 Å². The van der Waals surface area contributed by atoms with Crippen molar-refractivity contribution < 1.29 is 13.2 Å². The fourth-order valence-corrected chi connectivity index (χ4v) is 4.63. The largest absolute Gasteiger partial charge is 0.348 e. The van der Waals surface area contributed by atoms with Crippen LogP contribution < -0.4 is 10.0 Å². The molecular formula is C21H24ClIN2O3S. The van der Waals surface area contributed by atoms with Crippen molar-refractivity contribution >= 4 is 61.9 Å². The van der Waals surface area contributed by atoms with Crippen molar-refractivity contribution in [1.82, 2.24) is 5.32 Å². The van der Waals surface area contributed by atoms with Gasteiger partial charge in [0, 0.05) is 16.2 Å². The molecule has 156 valence electrons. The van der Waals surface area contributed by atoms with Gasteiger partial charge in [-0.05, 0) is 62.9 Å². The molecule has 2 N–H and O–H groups in total. The minimum atomic E-state index is -3.42. The van der Waals surface area contributed by atoms with Gasteiger partial charge in [-0.25, -0.2) is 8.42 Å². The summed E-state index contributed by atoms with van der Waals surface area (Å²) < 4.78 is 25.9. The second-order valence-electron chi connectivity index (χ2n) is 7.73. The van der Waals surface area contributed by atoms with Crippen LogP contribution in [0.4, 0.5) is 5.69 Å². The van der Waals surface area contributed by atoms with Crippen molar-refractivity contribution in [2.24, 2.45) is 0 Å². The minimum absolute atomic E-state index is 0.0881. The van der Waals surface area contributed by atoms with Gasteiger partial charge in [0.25, 0.3) is 0 Å². The third-order valence-corrected chi connectivity index (χ3v) is 5.78. The first-order valence-corrected chi connectivity index (χ1v) is 12.2. The lowest BCUT2D eigenvalue weighted by atomic mass is 9.87. The number of hydrogen-bond donors (Lipinski definition) is 2. The number of hydrogen-bond acceptors (Lipinski definition) is 3. The van der Waals surface area contributed by atoms with E-state index in [1.807, 2.05) is 34.7 Å². The van der Waals surface area contributed by atoms with Gasteiger partial charge in [0.1, 0.15) is 0 Å². The molecule has 0 aromatic heterocycles. The summed E-state index contributed by atoms with van der Waals surface area (Å²) in [5.74, 6) is -0.227. The summed E-state index contributed by atoms with van der Waals surface area (Å²) in [6.45, 7) is 6.74. The maximum Gasteiger partial charge on any atom is 0.244 e. The van der Waals surface area contributed by atoms with Crippen LogP contribution in [-0.4, -0.2) is 20.6 Å². The van der Waals surface area contributed by atoms with E-state index in [1.54, 1.807) is 18.2 Å². The van der Waals surface area contributed by atoms with Crippen molar-refractivity contribution in [2.45, 2.75) is 32.7 Å². The van der Waals surface area contributed by atoms with Crippen LogP contribution in [0.2, 0.25) is 5.02 Å². The summed E-state index contributed by atoms with van der Waals surface area (Å²) in [6.07, 6.45) is 4.31. The average molecular weight is 547 g/mol. The molecule has 0 atom stereocenters. The molecule has 0 heterocycles. The highest BCUT2D eigenvalue weighted by Crippen LogP contribution is 2.30. The van der Waals surface area contributed by atoms with E-state index in [2.05, 4.69) is 42.9 Å². The van der Waals surface area contributed by atoms with E-state index in [9.17, 15) is 13.2 Å². The average Bonchev–Trinajstić information content (AvgIpc) is 2.60. The SMILES string of the molecule is CC(C)(C)c1ccc(C=CC(=O)NCc2cc(Cl)c(NS(C)(=O)=O)c(I)c2)cc1. The van der Waals surface area contributed by atoms with Gasteiger partial charge in [0.05, 0.1) is 17.0 Å². The van der Waals surface area contributed by atoms with Crippen molar-refractivity contribution in [3.05, 3.63) is 67.8 Å². The smallest absolute Gasteiger partial charge is 0.244 e. The normalized spacial score (nSPS) is 12.2. The maximum absolute atomic E-state index is 12.1. The van der Waals surface area contributed by atoms with Gasteiger partial charge in [-0.15, -0.1) is 0 Å². The lowest BCUT2D eigenvalue weighted by molar-refractivity contribution is -0.116. The molecule has 0 saturated carbocycles. The predicted octanol–water partition coefficient (Wildman–Crippen LogP) is 4.94. The highest BCUT2D eigenvalue weighted by atomic mass is 127. The van der Waals surface area contributed by atoms with Crippen molar-refractivity contribution in [2.75, 3.05) is 11.0 Å². The Kier molecular flexibility index (Phi) is 7.75. The summed E-state index contributed by atoms with van der Waals surface area (Å²) in [5.41, 5.74) is 3.38.